The van der Waals surface area contributed by atoms with Crippen LogP contribution in [0.3, 0.4) is 0 Å². The first-order chi connectivity index (χ1) is 19.7. The smallest absolute Gasteiger partial charge is 0.264 e. The Morgan fingerprint density at radius 1 is 0.952 bits per heavy atom. The van der Waals surface area contributed by atoms with E-state index in [0.29, 0.717) is 11.4 Å². The van der Waals surface area contributed by atoms with Crippen LogP contribution < -0.4 is 14.4 Å². The number of sulfonamides is 1. The molecule has 0 aliphatic rings. The van der Waals surface area contributed by atoms with Crippen molar-refractivity contribution in [3.63, 3.8) is 0 Å². The van der Waals surface area contributed by atoms with Gasteiger partial charge in [0.25, 0.3) is 10.0 Å². The largest absolute Gasteiger partial charge is 0.495 e. The van der Waals surface area contributed by atoms with E-state index in [1.807, 2.05) is 27.7 Å². The number of rotatable bonds is 11. The van der Waals surface area contributed by atoms with Gasteiger partial charge < -0.3 is 15.0 Å². The third kappa shape index (κ3) is 8.40. The molecule has 0 radical (unpaired) electrons. The molecule has 1 atom stereocenters. The lowest BCUT2D eigenvalue weighted by molar-refractivity contribution is -0.141. The molecule has 42 heavy (non-hydrogen) atoms. The van der Waals surface area contributed by atoms with Crippen LogP contribution in [0.25, 0.3) is 0 Å². The van der Waals surface area contributed by atoms with Gasteiger partial charge in [0, 0.05) is 22.1 Å². The molecule has 0 bridgehead atoms. The summed E-state index contributed by atoms with van der Waals surface area (Å²) in [5.74, 6) is -0.719. The van der Waals surface area contributed by atoms with Crippen LogP contribution in [0.5, 0.6) is 5.75 Å². The molecule has 226 valence electrons. The van der Waals surface area contributed by atoms with E-state index in [1.54, 1.807) is 49.4 Å². The SMILES string of the molecule is CCC(C(=O)NC(C)(C)C)N(Cc1ccc(Cl)cc1)C(=O)CN(c1cc(Cl)ccc1OC)S(=O)(=O)c1ccc(C)cc1. The van der Waals surface area contributed by atoms with Crippen LogP contribution in [0.4, 0.5) is 5.69 Å². The highest BCUT2D eigenvalue weighted by Crippen LogP contribution is 2.35. The minimum atomic E-state index is -4.28. The average Bonchev–Trinajstić information content (AvgIpc) is 2.91. The molecule has 0 aliphatic carbocycles. The third-order valence-corrected chi connectivity index (χ3v) is 8.71. The van der Waals surface area contributed by atoms with Gasteiger partial charge in [0.15, 0.2) is 0 Å². The normalized spacial score (nSPS) is 12.4. The number of aryl methyl sites for hydroxylation is 1. The molecule has 0 saturated carbocycles. The van der Waals surface area contributed by atoms with Crippen LogP contribution >= 0.6 is 23.2 Å². The van der Waals surface area contributed by atoms with Crippen LogP contribution in [0.15, 0.2) is 71.6 Å². The number of carbonyl (C=O) groups is 2. The first-order valence-electron chi connectivity index (χ1n) is 13.4. The standard InChI is InChI=1S/C31H37Cl2N3O5S/c1-7-26(30(38)34-31(3,4)5)35(19-22-10-12-23(32)13-11-22)29(37)20-36(27-18-24(33)14-17-28(27)41-6)42(39,40)25-15-8-21(2)9-16-25/h8-18,26H,7,19-20H2,1-6H3,(H,34,38). The van der Waals surface area contributed by atoms with Gasteiger partial charge in [-0.05, 0) is 82.1 Å². The van der Waals surface area contributed by atoms with Gasteiger partial charge in [-0.2, -0.15) is 0 Å². The van der Waals surface area contributed by atoms with Crippen LogP contribution in [0, 0.1) is 6.92 Å². The summed E-state index contributed by atoms with van der Waals surface area (Å²) in [6.45, 7) is 8.64. The number of nitrogens with zero attached hydrogens (tertiary/aromatic N) is 2. The Kier molecular flexibility index (Phi) is 10.9. The van der Waals surface area contributed by atoms with Gasteiger partial charge in [-0.25, -0.2) is 8.42 Å². The number of hydrogen-bond donors (Lipinski definition) is 1. The lowest BCUT2D eigenvalue weighted by Gasteiger charge is -2.35. The Morgan fingerprint density at radius 2 is 1.55 bits per heavy atom. The number of halogens is 2. The highest BCUT2D eigenvalue weighted by Gasteiger charge is 2.35. The predicted molar refractivity (Wildman–Crippen MR) is 168 cm³/mol. The second-order valence-corrected chi connectivity index (χ2v) is 13.7. The molecular formula is C31H37Cl2N3O5S. The molecule has 3 aromatic carbocycles. The molecular weight excluding hydrogens is 597 g/mol. The first-order valence-corrected chi connectivity index (χ1v) is 15.6. The average molecular weight is 635 g/mol. The Labute approximate surface area is 258 Å². The number of carbonyl (C=O) groups excluding carboxylic acids is 2. The van der Waals surface area contributed by atoms with Gasteiger partial charge in [-0.15, -0.1) is 0 Å². The minimum Gasteiger partial charge on any atom is -0.495 e. The van der Waals surface area contributed by atoms with E-state index < -0.39 is 34.1 Å². The maximum absolute atomic E-state index is 14.2. The summed E-state index contributed by atoms with van der Waals surface area (Å²) in [6.07, 6.45) is 0.298. The molecule has 2 amide bonds. The molecule has 0 fully saturated rings. The summed E-state index contributed by atoms with van der Waals surface area (Å²) in [5.41, 5.74) is 1.15. The molecule has 0 aliphatic heterocycles. The van der Waals surface area contributed by atoms with Crippen molar-refractivity contribution >= 4 is 50.7 Å². The highest BCUT2D eigenvalue weighted by molar-refractivity contribution is 7.92. The molecule has 1 unspecified atom stereocenters. The van der Waals surface area contributed by atoms with Crippen molar-refractivity contribution in [2.45, 2.75) is 64.1 Å². The second kappa shape index (κ2) is 13.8. The summed E-state index contributed by atoms with van der Waals surface area (Å²) in [6, 6.07) is 16.9. The van der Waals surface area contributed by atoms with E-state index >= 15 is 0 Å². The molecule has 0 heterocycles. The quantitative estimate of drug-likeness (QED) is 0.270. The Morgan fingerprint density at radius 3 is 2.10 bits per heavy atom. The lowest BCUT2D eigenvalue weighted by Crippen LogP contribution is -2.55. The number of ether oxygens (including phenoxy) is 1. The van der Waals surface area contributed by atoms with E-state index in [0.717, 1.165) is 15.4 Å². The molecule has 1 N–H and O–H groups in total. The molecule has 0 spiro atoms. The second-order valence-electron chi connectivity index (χ2n) is 11.0. The van der Waals surface area contributed by atoms with E-state index in [-0.39, 0.29) is 33.8 Å². The van der Waals surface area contributed by atoms with Gasteiger partial charge >= 0.3 is 0 Å². The fourth-order valence-electron chi connectivity index (χ4n) is 4.37. The molecule has 11 heteroatoms. The molecule has 3 rings (SSSR count). The van der Waals surface area contributed by atoms with Gasteiger partial charge in [0.2, 0.25) is 11.8 Å². The number of methoxy groups -OCH3 is 1. The Balaban J connectivity index is 2.14. The summed E-state index contributed by atoms with van der Waals surface area (Å²) in [4.78, 5) is 29.1. The van der Waals surface area contributed by atoms with Crippen molar-refractivity contribution in [1.29, 1.82) is 0 Å². The number of anilines is 1. The minimum absolute atomic E-state index is 0.00954. The lowest BCUT2D eigenvalue weighted by atomic mass is 10.1. The Bertz CT molecular complexity index is 1510. The monoisotopic (exact) mass is 633 g/mol. The third-order valence-electron chi connectivity index (χ3n) is 6.45. The van der Waals surface area contributed by atoms with E-state index in [4.69, 9.17) is 27.9 Å². The van der Waals surface area contributed by atoms with Crippen molar-refractivity contribution in [1.82, 2.24) is 10.2 Å². The zero-order valence-corrected chi connectivity index (χ0v) is 27.0. The zero-order chi connectivity index (χ0) is 31.2. The van der Waals surface area contributed by atoms with E-state index in [2.05, 4.69) is 5.32 Å². The van der Waals surface area contributed by atoms with E-state index in [1.165, 1.54) is 36.3 Å². The summed E-state index contributed by atoms with van der Waals surface area (Å²) in [5, 5.41) is 3.74. The fourth-order valence-corrected chi connectivity index (χ4v) is 6.08. The molecule has 0 saturated heterocycles. The first kappa shape index (κ1) is 33.2. The van der Waals surface area contributed by atoms with Crippen molar-refractivity contribution in [3.8, 4) is 5.75 Å². The summed E-state index contributed by atoms with van der Waals surface area (Å²) >= 11 is 12.4. The number of nitrogens with one attached hydrogen (secondary N) is 1. The highest BCUT2D eigenvalue weighted by atomic mass is 35.5. The van der Waals surface area contributed by atoms with Crippen LogP contribution in [0.2, 0.25) is 10.0 Å². The van der Waals surface area contributed by atoms with Crippen LogP contribution in [-0.4, -0.2) is 50.4 Å². The van der Waals surface area contributed by atoms with Gasteiger partial charge in [-0.1, -0.05) is 60.0 Å². The fraction of sp³-hybridized carbons (Fsp3) is 0.355. The Hall–Kier alpha value is -3.27. The maximum Gasteiger partial charge on any atom is 0.264 e. The molecule has 8 nitrogen and oxygen atoms in total. The molecule has 3 aromatic rings. The van der Waals surface area contributed by atoms with Gasteiger partial charge in [0.05, 0.1) is 17.7 Å². The molecule has 0 aromatic heterocycles. The van der Waals surface area contributed by atoms with Gasteiger partial charge in [0.1, 0.15) is 18.3 Å². The van der Waals surface area contributed by atoms with Crippen molar-refractivity contribution in [2.24, 2.45) is 0 Å². The van der Waals surface area contributed by atoms with Gasteiger partial charge in [-0.3, -0.25) is 13.9 Å². The predicted octanol–water partition coefficient (Wildman–Crippen LogP) is 6.23. The maximum atomic E-state index is 14.2. The van der Waals surface area contributed by atoms with Crippen molar-refractivity contribution in [2.75, 3.05) is 18.0 Å². The van der Waals surface area contributed by atoms with Crippen molar-refractivity contribution in [3.05, 3.63) is 87.9 Å². The summed E-state index contributed by atoms with van der Waals surface area (Å²) < 4.78 is 34.7. The summed E-state index contributed by atoms with van der Waals surface area (Å²) in [7, 11) is -2.87. The number of benzene rings is 3. The zero-order valence-electron chi connectivity index (χ0n) is 24.6. The number of hydrogen-bond acceptors (Lipinski definition) is 5. The van der Waals surface area contributed by atoms with Crippen LogP contribution in [-0.2, 0) is 26.2 Å². The topological polar surface area (TPSA) is 96.0 Å². The number of amides is 2. The van der Waals surface area contributed by atoms with E-state index in [9.17, 15) is 18.0 Å². The van der Waals surface area contributed by atoms with Crippen molar-refractivity contribution < 1.29 is 22.7 Å². The van der Waals surface area contributed by atoms with Crippen LogP contribution in [0.1, 0.15) is 45.2 Å².